The number of aliphatic hydroxyl groups is 1. The maximum Gasteiger partial charge on any atom is 0.0546 e. The predicted octanol–water partition coefficient (Wildman–Crippen LogP) is 0.272. The van der Waals surface area contributed by atoms with Crippen LogP contribution in [0.1, 0.15) is 13.3 Å². The van der Waals surface area contributed by atoms with Gasteiger partial charge in [0, 0.05) is 6.54 Å². The molecule has 0 heterocycles. The lowest BCUT2D eigenvalue weighted by molar-refractivity contribution is 0.198. The minimum Gasteiger partial charge on any atom is -0.393 e. The fourth-order valence-corrected chi connectivity index (χ4v) is 0.389. The van der Waals surface area contributed by atoms with Crippen LogP contribution in [0.15, 0.2) is 12.2 Å². The smallest absolute Gasteiger partial charge is 0.0546 e. The van der Waals surface area contributed by atoms with Crippen molar-refractivity contribution in [3.63, 3.8) is 0 Å². The molecule has 0 saturated heterocycles. The van der Waals surface area contributed by atoms with Gasteiger partial charge in [0.05, 0.1) is 6.10 Å². The highest BCUT2D eigenvalue weighted by Crippen LogP contribution is 1.88. The molecule has 0 fully saturated rings. The number of hydrogen-bond acceptors (Lipinski definition) is 2. The van der Waals surface area contributed by atoms with Crippen LogP contribution in [0.2, 0.25) is 0 Å². The second-order valence-corrected chi connectivity index (χ2v) is 1.79. The highest BCUT2D eigenvalue weighted by atomic mass is 16.3. The van der Waals surface area contributed by atoms with Gasteiger partial charge in [0.2, 0.25) is 0 Å². The van der Waals surface area contributed by atoms with E-state index >= 15 is 0 Å². The van der Waals surface area contributed by atoms with Crippen LogP contribution in [0.3, 0.4) is 0 Å². The zero-order valence-corrected chi connectivity index (χ0v) is 5.17. The van der Waals surface area contributed by atoms with Crippen LogP contribution < -0.4 is 5.73 Å². The van der Waals surface area contributed by atoms with Crippen LogP contribution >= 0.6 is 0 Å². The Kier molecular flexibility index (Phi) is 4.61. The normalized spacial score (nSPS) is 14.9. The molecule has 0 aromatic carbocycles. The lowest BCUT2D eigenvalue weighted by Crippen LogP contribution is -1.97. The molecular weight excluding hydrogens is 102 g/mol. The van der Waals surface area contributed by atoms with E-state index in [0.717, 1.165) is 0 Å². The predicted molar refractivity (Wildman–Crippen MR) is 34.5 cm³/mol. The van der Waals surface area contributed by atoms with Crippen molar-refractivity contribution in [2.24, 2.45) is 5.73 Å². The van der Waals surface area contributed by atoms with Gasteiger partial charge < -0.3 is 10.8 Å². The molecule has 0 amide bonds. The van der Waals surface area contributed by atoms with Gasteiger partial charge in [-0.05, 0) is 13.3 Å². The molecule has 2 heteroatoms. The van der Waals surface area contributed by atoms with Gasteiger partial charge in [-0.1, -0.05) is 12.2 Å². The summed E-state index contributed by atoms with van der Waals surface area (Å²) in [7, 11) is 0. The summed E-state index contributed by atoms with van der Waals surface area (Å²) >= 11 is 0. The lowest BCUT2D eigenvalue weighted by atomic mass is 10.3. The Morgan fingerprint density at radius 1 is 1.62 bits per heavy atom. The number of rotatable bonds is 3. The van der Waals surface area contributed by atoms with Gasteiger partial charge in [0.15, 0.2) is 0 Å². The first-order chi connectivity index (χ1) is 3.77. The molecule has 0 aliphatic rings. The number of nitrogens with two attached hydrogens (primary N) is 1. The molecule has 0 bridgehead atoms. The highest BCUT2D eigenvalue weighted by molar-refractivity contribution is 4.83. The molecule has 0 radical (unpaired) electrons. The molecule has 0 rings (SSSR count). The Morgan fingerprint density at radius 3 is 2.62 bits per heavy atom. The van der Waals surface area contributed by atoms with Crippen molar-refractivity contribution in [1.29, 1.82) is 0 Å². The summed E-state index contributed by atoms with van der Waals surface area (Å²) in [5.74, 6) is 0. The minimum atomic E-state index is -0.238. The van der Waals surface area contributed by atoms with Gasteiger partial charge >= 0.3 is 0 Å². The molecule has 2 nitrogen and oxygen atoms in total. The van der Waals surface area contributed by atoms with Crippen molar-refractivity contribution < 1.29 is 5.11 Å². The summed E-state index contributed by atoms with van der Waals surface area (Å²) in [5, 5.41) is 8.69. The first-order valence-corrected chi connectivity index (χ1v) is 2.80. The van der Waals surface area contributed by atoms with Gasteiger partial charge in [-0.15, -0.1) is 0 Å². The molecule has 0 aromatic heterocycles. The molecule has 8 heavy (non-hydrogen) atoms. The SMILES string of the molecule is CC(O)CC=CCN. The van der Waals surface area contributed by atoms with Crippen molar-refractivity contribution in [3.8, 4) is 0 Å². The Labute approximate surface area is 50.0 Å². The van der Waals surface area contributed by atoms with E-state index in [1.165, 1.54) is 0 Å². The molecule has 3 N–H and O–H groups in total. The lowest BCUT2D eigenvalue weighted by Gasteiger charge is -1.94. The minimum absolute atomic E-state index is 0.238. The molecule has 1 unspecified atom stereocenters. The van der Waals surface area contributed by atoms with Gasteiger partial charge in [-0.25, -0.2) is 0 Å². The summed E-state index contributed by atoms with van der Waals surface area (Å²) in [6.07, 6.45) is 4.19. The van der Waals surface area contributed by atoms with E-state index in [4.69, 9.17) is 10.8 Å². The summed E-state index contributed by atoms with van der Waals surface area (Å²) in [6, 6.07) is 0. The van der Waals surface area contributed by atoms with Gasteiger partial charge in [-0.3, -0.25) is 0 Å². The van der Waals surface area contributed by atoms with E-state index in [1.54, 1.807) is 6.92 Å². The van der Waals surface area contributed by atoms with Crippen LogP contribution in [-0.2, 0) is 0 Å². The summed E-state index contributed by atoms with van der Waals surface area (Å²) in [5.41, 5.74) is 5.15. The second kappa shape index (κ2) is 4.81. The fraction of sp³-hybridized carbons (Fsp3) is 0.667. The van der Waals surface area contributed by atoms with Gasteiger partial charge in [0.25, 0.3) is 0 Å². The summed E-state index contributed by atoms with van der Waals surface area (Å²) in [6.45, 7) is 2.31. The number of hydrogen-bond donors (Lipinski definition) is 2. The molecule has 0 saturated carbocycles. The van der Waals surface area contributed by atoms with Crippen LogP contribution in [0, 0.1) is 0 Å². The second-order valence-electron chi connectivity index (χ2n) is 1.79. The molecule has 0 aromatic rings. The third kappa shape index (κ3) is 5.66. The Bertz CT molecular complexity index is 68.9. The van der Waals surface area contributed by atoms with Gasteiger partial charge in [-0.2, -0.15) is 0 Å². The van der Waals surface area contributed by atoms with Crippen molar-refractivity contribution in [2.75, 3.05) is 6.54 Å². The van der Waals surface area contributed by atoms with Crippen molar-refractivity contribution in [2.45, 2.75) is 19.4 Å². The largest absolute Gasteiger partial charge is 0.393 e. The Hall–Kier alpha value is -0.340. The first kappa shape index (κ1) is 7.66. The van der Waals surface area contributed by atoms with Crippen LogP contribution in [0.25, 0.3) is 0 Å². The molecule has 1 atom stereocenters. The van der Waals surface area contributed by atoms with E-state index in [1.807, 2.05) is 12.2 Å². The first-order valence-electron chi connectivity index (χ1n) is 2.80. The number of aliphatic hydroxyl groups excluding tert-OH is 1. The Morgan fingerprint density at radius 2 is 2.25 bits per heavy atom. The molecule has 48 valence electrons. The van der Waals surface area contributed by atoms with Crippen molar-refractivity contribution in [1.82, 2.24) is 0 Å². The summed E-state index contributed by atoms with van der Waals surface area (Å²) < 4.78 is 0. The van der Waals surface area contributed by atoms with Crippen LogP contribution in [0.4, 0.5) is 0 Å². The van der Waals surface area contributed by atoms with E-state index in [0.29, 0.717) is 13.0 Å². The highest BCUT2D eigenvalue weighted by Gasteiger charge is 1.86. The monoisotopic (exact) mass is 115 g/mol. The molecule has 0 aliphatic carbocycles. The standard InChI is InChI=1S/C6H13NO/c1-6(8)4-2-3-5-7/h2-3,6,8H,4-5,7H2,1H3. The topological polar surface area (TPSA) is 46.2 Å². The van der Waals surface area contributed by atoms with E-state index in [-0.39, 0.29) is 6.10 Å². The van der Waals surface area contributed by atoms with E-state index in [2.05, 4.69) is 0 Å². The Balaban J connectivity index is 3.03. The molecular formula is C6H13NO. The third-order valence-corrected chi connectivity index (χ3v) is 0.780. The van der Waals surface area contributed by atoms with Crippen molar-refractivity contribution >= 4 is 0 Å². The molecule has 0 aliphatic heterocycles. The maximum absolute atomic E-state index is 8.69. The average Bonchev–Trinajstić information content (AvgIpc) is 1.66. The zero-order valence-electron chi connectivity index (χ0n) is 5.17. The van der Waals surface area contributed by atoms with Gasteiger partial charge in [0.1, 0.15) is 0 Å². The van der Waals surface area contributed by atoms with E-state index in [9.17, 15) is 0 Å². The summed E-state index contributed by atoms with van der Waals surface area (Å²) in [4.78, 5) is 0. The van der Waals surface area contributed by atoms with Crippen LogP contribution in [0.5, 0.6) is 0 Å². The van der Waals surface area contributed by atoms with E-state index < -0.39 is 0 Å². The quantitative estimate of drug-likeness (QED) is 0.519. The fourth-order valence-electron chi connectivity index (χ4n) is 0.389. The van der Waals surface area contributed by atoms with Crippen LogP contribution in [-0.4, -0.2) is 17.8 Å². The average molecular weight is 115 g/mol. The zero-order chi connectivity index (χ0) is 6.41. The maximum atomic E-state index is 8.69. The molecule has 0 spiro atoms. The van der Waals surface area contributed by atoms with Crippen molar-refractivity contribution in [3.05, 3.63) is 12.2 Å². The third-order valence-electron chi connectivity index (χ3n) is 0.780.